The van der Waals surface area contributed by atoms with E-state index in [-0.39, 0.29) is 11.8 Å². The quantitative estimate of drug-likeness (QED) is 0.675. The van der Waals surface area contributed by atoms with Gasteiger partial charge in [-0.05, 0) is 35.4 Å². The molecule has 0 atom stereocenters. The Hall–Kier alpha value is -2.95. The van der Waals surface area contributed by atoms with E-state index in [1.54, 1.807) is 30.5 Å². The van der Waals surface area contributed by atoms with Gasteiger partial charge in [0.25, 0.3) is 0 Å². The Morgan fingerprint density at radius 1 is 1.08 bits per heavy atom. The molecule has 0 unspecified atom stereocenters. The summed E-state index contributed by atoms with van der Waals surface area (Å²) in [5.41, 5.74) is 2.59. The number of esters is 1. The van der Waals surface area contributed by atoms with Gasteiger partial charge in [-0.1, -0.05) is 24.3 Å². The summed E-state index contributed by atoms with van der Waals surface area (Å²) in [4.78, 5) is 15.8. The van der Waals surface area contributed by atoms with Gasteiger partial charge < -0.3 is 9.30 Å². The predicted octanol–water partition coefficient (Wildman–Crippen LogP) is 3.45. The lowest BCUT2D eigenvalue weighted by molar-refractivity contribution is 0.0600. The zero-order valence-corrected chi connectivity index (χ0v) is 13.3. The van der Waals surface area contributed by atoms with Crippen LogP contribution in [0.2, 0.25) is 0 Å². The largest absolute Gasteiger partial charge is 0.465 e. The molecule has 3 aromatic rings. The second kappa shape index (κ2) is 7.08. The molecular weight excluding hydrogens is 307 g/mol. The molecule has 0 aliphatic heterocycles. The molecule has 2 aromatic carbocycles. The van der Waals surface area contributed by atoms with E-state index in [2.05, 4.69) is 4.98 Å². The fourth-order valence-corrected chi connectivity index (χ4v) is 2.50. The highest BCUT2D eigenvalue weighted by molar-refractivity contribution is 5.89. The smallest absolute Gasteiger partial charge is 0.337 e. The topological polar surface area (TPSA) is 44.1 Å². The molecular formula is C19H17FN2O2. The van der Waals surface area contributed by atoms with Gasteiger partial charge in [-0.15, -0.1) is 0 Å². The van der Waals surface area contributed by atoms with Crippen molar-refractivity contribution in [2.45, 2.75) is 13.0 Å². The molecule has 0 saturated carbocycles. The number of rotatable bonds is 5. The van der Waals surface area contributed by atoms with E-state index >= 15 is 0 Å². The van der Waals surface area contributed by atoms with Crippen LogP contribution in [0, 0.1) is 5.82 Å². The molecule has 24 heavy (non-hydrogen) atoms. The van der Waals surface area contributed by atoms with Gasteiger partial charge in [0.05, 0.1) is 12.7 Å². The van der Waals surface area contributed by atoms with Crippen LogP contribution in [0.15, 0.2) is 60.9 Å². The van der Waals surface area contributed by atoms with Gasteiger partial charge in [-0.3, -0.25) is 0 Å². The van der Waals surface area contributed by atoms with Gasteiger partial charge in [-0.2, -0.15) is 0 Å². The number of ether oxygens (including phenoxy) is 1. The fraction of sp³-hybridized carbons (Fsp3) is 0.158. The maximum atomic E-state index is 13.0. The molecule has 0 saturated heterocycles. The zero-order chi connectivity index (χ0) is 16.9. The van der Waals surface area contributed by atoms with Crippen molar-refractivity contribution >= 4 is 5.97 Å². The standard InChI is InChI=1S/C19H17FN2O2/c1-24-19(23)16-6-2-15(3-7-16)13-22-11-10-21-18(22)12-14-4-8-17(20)9-5-14/h2-11H,12-13H2,1H3. The van der Waals surface area contributed by atoms with Gasteiger partial charge in [0.15, 0.2) is 0 Å². The van der Waals surface area contributed by atoms with Crippen molar-refractivity contribution in [1.29, 1.82) is 0 Å². The number of halogens is 1. The number of methoxy groups -OCH3 is 1. The van der Waals surface area contributed by atoms with Crippen LogP contribution < -0.4 is 0 Å². The average molecular weight is 324 g/mol. The molecule has 0 radical (unpaired) electrons. The predicted molar refractivity (Wildman–Crippen MR) is 88.3 cm³/mol. The number of hydrogen-bond donors (Lipinski definition) is 0. The van der Waals surface area contributed by atoms with Crippen LogP contribution >= 0.6 is 0 Å². The van der Waals surface area contributed by atoms with Crippen molar-refractivity contribution < 1.29 is 13.9 Å². The number of aromatic nitrogens is 2. The van der Waals surface area contributed by atoms with E-state index in [0.717, 1.165) is 17.0 Å². The highest BCUT2D eigenvalue weighted by Gasteiger charge is 2.07. The van der Waals surface area contributed by atoms with Crippen LogP contribution in [0.1, 0.15) is 27.3 Å². The fourth-order valence-electron chi connectivity index (χ4n) is 2.50. The van der Waals surface area contributed by atoms with Gasteiger partial charge >= 0.3 is 5.97 Å². The summed E-state index contributed by atoms with van der Waals surface area (Å²) < 4.78 is 19.7. The van der Waals surface area contributed by atoms with E-state index < -0.39 is 0 Å². The van der Waals surface area contributed by atoms with Crippen LogP contribution in [0.25, 0.3) is 0 Å². The molecule has 1 heterocycles. The first-order valence-electron chi connectivity index (χ1n) is 7.57. The summed E-state index contributed by atoms with van der Waals surface area (Å²) in [6.45, 7) is 0.651. The third-order valence-corrected chi connectivity index (χ3v) is 3.81. The number of imidazole rings is 1. The molecule has 0 spiro atoms. The zero-order valence-electron chi connectivity index (χ0n) is 13.3. The third-order valence-electron chi connectivity index (χ3n) is 3.81. The maximum absolute atomic E-state index is 13.0. The van der Waals surface area contributed by atoms with Crippen molar-refractivity contribution in [3.8, 4) is 0 Å². The maximum Gasteiger partial charge on any atom is 0.337 e. The first-order valence-corrected chi connectivity index (χ1v) is 7.57. The monoisotopic (exact) mass is 324 g/mol. The van der Waals surface area contributed by atoms with Crippen LogP contribution in [0.5, 0.6) is 0 Å². The number of hydrogen-bond acceptors (Lipinski definition) is 3. The molecule has 4 nitrogen and oxygen atoms in total. The molecule has 0 aliphatic rings. The lowest BCUT2D eigenvalue weighted by atomic mass is 10.1. The van der Waals surface area contributed by atoms with Gasteiger partial charge in [0.1, 0.15) is 11.6 Å². The third kappa shape index (κ3) is 3.68. The van der Waals surface area contributed by atoms with E-state index in [9.17, 15) is 9.18 Å². The van der Waals surface area contributed by atoms with Crippen molar-refractivity contribution in [3.63, 3.8) is 0 Å². The van der Waals surface area contributed by atoms with E-state index in [1.807, 2.05) is 22.9 Å². The average Bonchev–Trinajstić information content (AvgIpc) is 3.03. The molecule has 3 rings (SSSR count). The van der Waals surface area contributed by atoms with Crippen LogP contribution in [0.4, 0.5) is 4.39 Å². The summed E-state index contributed by atoms with van der Waals surface area (Å²) in [6.07, 6.45) is 4.29. The minimum absolute atomic E-state index is 0.243. The first kappa shape index (κ1) is 15.9. The molecule has 0 aliphatic carbocycles. The molecule has 0 bridgehead atoms. The Morgan fingerprint density at radius 2 is 1.75 bits per heavy atom. The van der Waals surface area contributed by atoms with Gasteiger partial charge in [0, 0.05) is 25.4 Å². The Balaban J connectivity index is 1.73. The van der Waals surface area contributed by atoms with Crippen molar-refractivity contribution in [2.75, 3.05) is 7.11 Å². The SMILES string of the molecule is COC(=O)c1ccc(Cn2ccnc2Cc2ccc(F)cc2)cc1. The Labute approximate surface area is 139 Å². The number of carbonyl (C=O) groups is 1. The van der Waals surface area contributed by atoms with Crippen molar-refractivity contribution in [3.05, 3.63) is 89.3 Å². The second-order valence-corrected chi connectivity index (χ2v) is 5.46. The normalized spacial score (nSPS) is 10.6. The van der Waals surface area contributed by atoms with Gasteiger partial charge in [0.2, 0.25) is 0 Å². The summed E-state index contributed by atoms with van der Waals surface area (Å²) in [6, 6.07) is 13.7. The number of benzene rings is 2. The molecule has 122 valence electrons. The minimum atomic E-state index is -0.346. The summed E-state index contributed by atoms with van der Waals surface area (Å²) in [7, 11) is 1.36. The number of carbonyl (C=O) groups excluding carboxylic acids is 1. The molecule has 0 N–H and O–H groups in total. The highest BCUT2D eigenvalue weighted by Crippen LogP contribution is 2.12. The highest BCUT2D eigenvalue weighted by atomic mass is 19.1. The summed E-state index contributed by atoms with van der Waals surface area (Å²) in [5, 5.41) is 0. The van der Waals surface area contributed by atoms with Crippen LogP contribution in [0.3, 0.4) is 0 Å². The summed E-state index contributed by atoms with van der Waals surface area (Å²) >= 11 is 0. The Bertz CT molecular complexity index is 823. The molecule has 0 amide bonds. The second-order valence-electron chi connectivity index (χ2n) is 5.46. The summed E-state index contributed by atoms with van der Waals surface area (Å²) in [5.74, 6) is 0.313. The van der Waals surface area contributed by atoms with E-state index in [0.29, 0.717) is 18.5 Å². The van der Waals surface area contributed by atoms with E-state index in [4.69, 9.17) is 4.74 Å². The molecule has 1 aromatic heterocycles. The van der Waals surface area contributed by atoms with Gasteiger partial charge in [-0.25, -0.2) is 14.2 Å². The lowest BCUT2D eigenvalue weighted by Gasteiger charge is -2.09. The first-order chi connectivity index (χ1) is 11.7. The lowest BCUT2D eigenvalue weighted by Crippen LogP contribution is -2.06. The molecule has 0 fully saturated rings. The van der Waals surface area contributed by atoms with E-state index in [1.165, 1.54) is 19.2 Å². The molecule has 5 heteroatoms. The van der Waals surface area contributed by atoms with Crippen LogP contribution in [-0.4, -0.2) is 22.6 Å². The Morgan fingerprint density at radius 3 is 2.42 bits per heavy atom. The Kier molecular flexibility index (Phi) is 4.70. The van der Waals surface area contributed by atoms with Crippen molar-refractivity contribution in [1.82, 2.24) is 9.55 Å². The van der Waals surface area contributed by atoms with Crippen molar-refractivity contribution in [2.24, 2.45) is 0 Å². The number of nitrogens with zero attached hydrogens (tertiary/aromatic N) is 2. The minimum Gasteiger partial charge on any atom is -0.465 e. The van der Waals surface area contributed by atoms with Crippen LogP contribution in [-0.2, 0) is 17.7 Å².